The van der Waals surface area contributed by atoms with E-state index in [1.54, 1.807) is 18.3 Å². The number of halogens is 3. The highest BCUT2D eigenvalue weighted by Gasteiger charge is 2.32. The van der Waals surface area contributed by atoms with Gasteiger partial charge in [0.15, 0.2) is 0 Å². The summed E-state index contributed by atoms with van der Waals surface area (Å²) in [5.74, 6) is 0. The molecule has 3 aromatic rings. The maximum absolute atomic E-state index is 13.2. The topological polar surface area (TPSA) is 81.2 Å². The second kappa shape index (κ2) is 7.03. The summed E-state index contributed by atoms with van der Waals surface area (Å²) in [6, 6.07) is 7.02. The quantitative estimate of drug-likeness (QED) is 0.698. The van der Waals surface area contributed by atoms with Gasteiger partial charge >= 0.3 is 6.18 Å². The molecular formula is C19H19F3N4O2S. The minimum atomic E-state index is -4.64. The number of nitrogens with zero attached hydrogens (tertiary/aromatic N) is 3. The van der Waals surface area contributed by atoms with Crippen molar-refractivity contribution in [3.63, 3.8) is 0 Å². The Balaban J connectivity index is 1.84. The van der Waals surface area contributed by atoms with E-state index < -0.39 is 26.7 Å². The van der Waals surface area contributed by atoms with Crippen LogP contribution in [0.3, 0.4) is 0 Å². The van der Waals surface area contributed by atoms with Gasteiger partial charge < -0.3 is 10.6 Å². The molecule has 0 saturated carbocycles. The van der Waals surface area contributed by atoms with Gasteiger partial charge in [0, 0.05) is 31.5 Å². The summed E-state index contributed by atoms with van der Waals surface area (Å²) in [5, 5.41) is 0. The van der Waals surface area contributed by atoms with E-state index in [2.05, 4.69) is 4.98 Å². The maximum Gasteiger partial charge on any atom is 0.416 e. The van der Waals surface area contributed by atoms with E-state index in [1.165, 1.54) is 6.20 Å². The summed E-state index contributed by atoms with van der Waals surface area (Å²) in [7, 11) is -4.25. The molecule has 1 aromatic carbocycles. The molecule has 10 heteroatoms. The maximum atomic E-state index is 13.2. The fourth-order valence-electron chi connectivity index (χ4n) is 3.53. The minimum absolute atomic E-state index is 0.0985. The number of pyridine rings is 1. The van der Waals surface area contributed by atoms with Gasteiger partial charge in [0.25, 0.3) is 10.0 Å². The molecule has 3 heterocycles. The van der Waals surface area contributed by atoms with Crippen LogP contribution in [0.15, 0.2) is 53.7 Å². The molecule has 2 N–H and O–H groups in total. The van der Waals surface area contributed by atoms with Crippen molar-refractivity contribution in [3.8, 4) is 0 Å². The van der Waals surface area contributed by atoms with E-state index in [-0.39, 0.29) is 6.04 Å². The third kappa shape index (κ3) is 3.58. The van der Waals surface area contributed by atoms with Crippen LogP contribution in [0.25, 0.3) is 11.0 Å². The van der Waals surface area contributed by atoms with Crippen molar-refractivity contribution >= 4 is 26.7 Å². The fraction of sp³-hybridized carbons (Fsp3) is 0.316. The van der Waals surface area contributed by atoms with Crippen molar-refractivity contribution in [2.24, 2.45) is 5.73 Å². The van der Waals surface area contributed by atoms with E-state index in [9.17, 15) is 21.6 Å². The lowest BCUT2D eigenvalue weighted by atomic mass is 10.1. The van der Waals surface area contributed by atoms with E-state index in [0.29, 0.717) is 35.9 Å². The predicted octanol–water partition coefficient (Wildman–Crippen LogP) is 3.22. The van der Waals surface area contributed by atoms with Crippen LogP contribution in [0.1, 0.15) is 18.4 Å². The molecule has 1 aliphatic heterocycles. The number of aromatic nitrogens is 2. The molecule has 0 atom stereocenters. The summed E-state index contributed by atoms with van der Waals surface area (Å²) in [6.45, 7) is 1.31. The van der Waals surface area contributed by atoms with Crippen molar-refractivity contribution in [1.29, 1.82) is 0 Å². The standard InChI is InChI=1S/C19H19F3N4O2S/c20-19(21,22)13-3-1-4-15(11-13)29(27,28)26-12-17(18-16(26)5-2-8-24-18)25-9-6-14(23)7-10-25/h1-5,8,11-12,14H,6-7,9-10,23H2. The lowest BCUT2D eigenvalue weighted by Crippen LogP contribution is -2.39. The fourth-order valence-corrected chi connectivity index (χ4v) is 4.93. The Labute approximate surface area is 165 Å². The number of piperidine rings is 1. The summed E-state index contributed by atoms with van der Waals surface area (Å²) >= 11 is 0. The van der Waals surface area contributed by atoms with E-state index in [4.69, 9.17) is 5.73 Å². The zero-order chi connectivity index (χ0) is 20.8. The zero-order valence-electron chi connectivity index (χ0n) is 15.3. The van der Waals surface area contributed by atoms with Crippen LogP contribution in [-0.4, -0.2) is 36.5 Å². The van der Waals surface area contributed by atoms with Crippen LogP contribution < -0.4 is 10.6 Å². The zero-order valence-corrected chi connectivity index (χ0v) is 16.1. The molecule has 2 aromatic heterocycles. The lowest BCUT2D eigenvalue weighted by Gasteiger charge is -2.31. The monoisotopic (exact) mass is 424 g/mol. The Kier molecular flexibility index (Phi) is 4.78. The molecule has 154 valence electrons. The lowest BCUT2D eigenvalue weighted by molar-refractivity contribution is -0.137. The summed E-state index contributed by atoms with van der Waals surface area (Å²) in [5.41, 5.74) is 6.36. The van der Waals surface area contributed by atoms with Gasteiger partial charge in [-0.2, -0.15) is 13.2 Å². The normalized spacial score (nSPS) is 16.5. The molecule has 0 aliphatic carbocycles. The van der Waals surface area contributed by atoms with Crippen molar-refractivity contribution in [3.05, 3.63) is 54.4 Å². The highest BCUT2D eigenvalue weighted by atomic mass is 32.2. The third-order valence-electron chi connectivity index (χ3n) is 5.10. The predicted molar refractivity (Wildman–Crippen MR) is 103 cm³/mol. The van der Waals surface area contributed by atoms with Gasteiger partial charge in [-0.25, -0.2) is 12.4 Å². The average molecular weight is 424 g/mol. The number of fused-ring (bicyclic) bond motifs is 1. The first-order chi connectivity index (χ1) is 13.7. The van der Waals surface area contributed by atoms with Crippen LogP contribution in [0.2, 0.25) is 0 Å². The van der Waals surface area contributed by atoms with Crippen LogP contribution in [0.4, 0.5) is 18.9 Å². The highest BCUT2D eigenvalue weighted by molar-refractivity contribution is 7.90. The Morgan fingerprint density at radius 2 is 1.83 bits per heavy atom. The first-order valence-electron chi connectivity index (χ1n) is 9.07. The molecular weight excluding hydrogens is 405 g/mol. The molecule has 1 aliphatic rings. The third-order valence-corrected chi connectivity index (χ3v) is 6.77. The Morgan fingerprint density at radius 1 is 1.10 bits per heavy atom. The number of rotatable bonds is 3. The number of alkyl halides is 3. The molecule has 0 amide bonds. The van der Waals surface area contributed by atoms with E-state index in [1.807, 2.05) is 4.90 Å². The highest BCUT2D eigenvalue weighted by Crippen LogP contribution is 2.34. The van der Waals surface area contributed by atoms with Crippen molar-refractivity contribution in [1.82, 2.24) is 8.96 Å². The number of anilines is 1. The van der Waals surface area contributed by atoms with Gasteiger partial charge in [-0.3, -0.25) is 4.98 Å². The smallest absolute Gasteiger partial charge is 0.368 e. The molecule has 6 nitrogen and oxygen atoms in total. The largest absolute Gasteiger partial charge is 0.416 e. The SMILES string of the molecule is NC1CCN(c2cn(S(=O)(=O)c3cccc(C(F)(F)F)c3)c3cccnc23)CC1. The van der Waals surface area contributed by atoms with Gasteiger partial charge in [0.05, 0.1) is 21.7 Å². The van der Waals surface area contributed by atoms with Crippen LogP contribution in [0.5, 0.6) is 0 Å². The van der Waals surface area contributed by atoms with Crippen LogP contribution in [-0.2, 0) is 16.2 Å². The number of benzene rings is 1. The average Bonchev–Trinajstić information content (AvgIpc) is 3.09. The molecule has 0 spiro atoms. The second-order valence-electron chi connectivity index (χ2n) is 7.04. The van der Waals surface area contributed by atoms with Gasteiger partial charge in [0.1, 0.15) is 5.52 Å². The van der Waals surface area contributed by atoms with Crippen LogP contribution in [0, 0.1) is 0 Å². The van der Waals surface area contributed by atoms with E-state index >= 15 is 0 Å². The number of hydrogen-bond acceptors (Lipinski definition) is 5. The summed E-state index contributed by atoms with van der Waals surface area (Å²) in [4.78, 5) is 5.90. The number of hydrogen-bond donors (Lipinski definition) is 1. The molecule has 0 radical (unpaired) electrons. The second-order valence-corrected chi connectivity index (χ2v) is 8.85. The van der Waals surface area contributed by atoms with Crippen molar-refractivity contribution in [2.45, 2.75) is 30.0 Å². The molecule has 0 bridgehead atoms. The van der Waals surface area contributed by atoms with E-state index in [0.717, 1.165) is 35.0 Å². The Morgan fingerprint density at radius 3 is 2.52 bits per heavy atom. The molecule has 4 rings (SSSR count). The molecule has 0 unspecified atom stereocenters. The molecule has 1 saturated heterocycles. The van der Waals surface area contributed by atoms with Crippen molar-refractivity contribution < 1.29 is 21.6 Å². The summed E-state index contributed by atoms with van der Waals surface area (Å²) < 4.78 is 66.6. The first kappa shape index (κ1) is 19.7. The number of nitrogens with two attached hydrogens (primary N) is 1. The molecule has 1 fully saturated rings. The van der Waals surface area contributed by atoms with Crippen molar-refractivity contribution in [2.75, 3.05) is 18.0 Å². The van der Waals surface area contributed by atoms with Gasteiger partial charge in [-0.15, -0.1) is 0 Å². The Hall–Kier alpha value is -2.59. The molecule has 29 heavy (non-hydrogen) atoms. The Bertz CT molecular complexity index is 1150. The van der Waals surface area contributed by atoms with Gasteiger partial charge in [-0.1, -0.05) is 6.07 Å². The van der Waals surface area contributed by atoms with Crippen LogP contribution >= 0.6 is 0 Å². The minimum Gasteiger partial charge on any atom is -0.368 e. The van der Waals surface area contributed by atoms with Gasteiger partial charge in [0.2, 0.25) is 0 Å². The summed E-state index contributed by atoms with van der Waals surface area (Å²) in [6.07, 6.45) is -0.115. The first-order valence-corrected chi connectivity index (χ1v) is 10.5. The van der Waals surface area contributed by atoms with Gasteiger partial charge in [-0.05, 0) is 43.2 Å².